The van der Waals surface area contributed by atoms with Gasteiger partial charge in [-0.05, 0) is 31.4 Å². The van der Waals surface area contributed by atoms with E-state index in [1.165, 1.54) is 0 Å². The van der Waals surface area contributed by atoms with Crippen molar-refractivity contribution in [2.45, 2.75) is 45.6 Å². The molecule has 0 bridgehead atoms. The first-order chi connectivity index (χ1) is 11.4. The highest BCUT2D eigenvalue weighted by Crippen LogP contribution is 2.11. The second-order valence-corrected chi connectivity index (χ2v) is 8.58. The number of hydrogen-bond acceptors (Lipinski definition) is 4. The number of hydrogen-bond donors (Lipinski definition) is 2. The summed E-state index contributed by atoms with van der Waals surface area (Å²) in [5.41, 5.74) is 2.26. The molecule has 0 radical (unpaired) electrons. The molecule has 6 nitrogen and oxygen atoms in total. The molecule has 0 saturated carbocycles. The Hall–Kier alpha value is -1.60. The van der Waals surface area contributed by atoms with E-state index >= 15 is 0 Å². The van der Waals surface area contributed by atoms with Gasteiger partial charge in [0.1, 0.15) is 0 Å². The van der Waals surface area contributed by atoms with Crippen molar-refractivity contribution in [3.05, 3.63) is 35.4 Å². The molecule has 1 heterocycles. The fraction of sp³-hybridized carbons (Fsp3) is 0.588. The molecular weight excluding hydrogens is 326 g/mol. The fourth-order valence-electron chi connectivity index (χ4n) is 2.57. The summed E-state index contributed by atoms with van der Waals surface area (Å²) in [6.45, 7) is 5.25. The summed E-state index contributed by atoms with van der Waals surface area (Å²) in [7, 11) is -1.21. The van der Waals surface area contributed by atoms with Gasteiger partial charge in [0.15, 0.2) is 15.8 Å². The summed E-state index contributed by atoms with van der Waals surface area (Å²) in [4.78, 5) is 4.17. The zero-order chi connectivity index (χ0) is 17.6. The number of sulfone groups is 1. The molecule has 1 aromatic carbocycles. The Morgan fingerprint density at radius 2 is 2.12 bits per heavy atom. The van der Waals surface area contributed by atoms with Crippen molar-refractivity contribution in [2.24, 2.45) is 4.99 Å². The SMILES string of the molecule is CN=C(NCc1cccc(COC(C)C)c1)NC1CCS(=O)(=O)C1. The lowest BCUT2D eigenvalue weighted by atomic mass is 10.1. The number of ether oxygens (including phenoxy) is 1. The first kappa shape index (κ1) is 18.7. The van der Waals surface area contributed by atoms with Crippen LogP contribution in [0, 0.1) is 0 Å². The number of nitrogens with one attached hydrogen (secondary N) is 2. The number of benzene rings is 1. The standard InChI is InChI=1S/C17H27N3O3S/c1-13(2)23-11-15-6-4-5-14(9-15)10-19-17(18-3)20-16-7-8-24(21,22)12-16/h4-6,9,13,16H,7-8,10-12H2,1-3H3,(H2,18,19,20). The molecule has 0 amide bonds. The van der Waals surface area contributed by atoms with Gasteiger partial charge in [-0.15, -0.1) is 0 Å². The Kier molecular flexibility index (Phi) is 6.62. The molecule has 24 heavy (non-hydrogen) atoms. The van der Waals surface area contributed by atoms with Crippen LogP contribution in [0.25, 0.3) is 0 Å². The zero-order valence-electron chi connectivity index (χ0n) is 14.6. The molecule has 1 aliphatic rings. The van der Waals surface area contributed by atoms with E-state index in [0.717, 1.165) is 11.1 Å². The predicted octanol–water partition coefficient (Wildman–Crippen LogP) is 1.46. The highest BCUT2D eigenvalue weighted by atomic mass is 32.2. The summed E-state index contributed by atoms with van der Waals surface area (Å²) >= 11 is 0. The summed E-state index contributed by atoms with van der Waals surface area (Å²) in [5.74, 6) is 1.05. The molecule has 1 fully saturated rings. The molecule has 1 aromatic rings. The van der Waals surface area contributed by atoms with E-state index in [1.54, 1.807) is 7.05 Å². The minimum Gasteiger partial charge on any atom is -0.374 e. The van der Waals surface area contributed by atoms with Gasteiger partial charge in [0.05, 0.1) is 24.2 Å². The van der Waals surface area contributed by atoms with Gasteiger partial charge in [-0.25, -0.2) is 8.42 Å². The van der Waals surface area contributed by atoms with Crippen molar-refractivity contribution in [1.29, 1.82) is 0 Å². The molecule has 0 spiro atoms. The van der Waals surface area contributed by atoms with Gasteiger partial charge in [-0.2, -0.15) is 0 Å². The number of guanidine groups is 1. The molecule has 1 saturated heterocycles. The predicted molar refractivity (Wildman–Crippen MR) is 96.8 cm³/mol. The smallest absolute Gasteiger partial charge is 0.191 e. The van der Waals surface area contributed by atoms with E-state index in [9.17, 15) is 8.42 Å². The minimum absolute atomic E-state index is 0.0630. The number of nitrogens with zero attached hydrogens (tertiary/aromatic N) is 1. The van der Waals surface area contributed by atoms with Crippen molar-refractivity contribution >= 4 is 15.8 Å². The second kappa shape index (κ2) is 8.48. The molecule has 1 unspecified atom stereocenters. The monoisotopic (exact) mass is 353 g/mol. The van der Waals surface area contributed by atoms with Gasteiger partial charge < -0.3 is 15.4 Å². The van der Waals surface area contributed by atoms with Gasteiger partial charge in [0, 0.05) is 19.6 Å². The van der Waals surface area contributed by atoms with Gasteiger partial charge in [0.2, 0.25) is 0 Å². The van der Waals surface area contributed by atoms with Gasteiger partial charge in [0.25, 0.3) is 0 Å². The first-order valence-electron chi connectivity index (χ1n) is 8.25. The lowest BCUT2D eigenvalue weighted by molar-refractivity contribution is 0.0657. The number of aliphatic imine (C=N–C) groups is 1. The third-order valence-corrected chi connectivity index (χ3v) is 5.60. The highest BCUT2D eigenvalue weighted by Gasteiger charge is 2.28. The van der Waals surface area contributed by atoms with E-state index in [2.05, 4.69) is 21.7 Å². The van der Waals surface area contributed by atoms with Crippen LogP contribution in [0.4, 0.5) is 0 Å². The molecule has 1 aliphatic heterocycles. The third-order valence-electron chi connectivity index (χ3n) is 3.83. The van der Waals surface area contributed by atoms with Crippen LogP contribution >= 0.6 is 0 Å². The van der Waals surface area contributed by atoms with Gasteiger partial charge >= 0.3 is 0 Å². The molecular formula is C17H27N3O3S. The normalized spacial score (nSPS) is 20.3. The van der Waals surface area contributed by atoms with E-state index < -0.39 is 9.84 Å². The topological polar surface area (TPSA) is 79.8 Å². The van der Waals surface area contributed by atoms with Crippen molar-refractivity contribution in [1.82, 2.24) is 10.6 Å². The average Bonchev–Trinajstić information content (AvgIpc) is 2.88. The molecule has 2 rings (SSSR count). The molecule has 1 atom stereocenters. The molecule has 0 aromatic heterocycles. The quantitative estimate of drug-likeness (QED) is 0.598. The van der Waals surface area contributed by atoms with Crippen LogP contribution in [0.2, 0.25) is 0 Å². The Morgan fingerprint density at radius 3 is 2.75 bits per heavy atom. The van der Waals surface area contributed by atoms with Crippen molar-refractivity contribution < 1.29 is 13.2 Å². The first-order valence-corrected chi connectivity index (χ1v) is 10.1. The van der Waals surface area contributed by atoms with Crippen molar-refractivity contribution in [3.63, 3.8) is 0 Å². The summed E-state index contributed by atoms with van der Waals surface area (Å²) in [5, 5.41) is 6.42. The minimum atomic E-state index is -2.89. The van der Waals surface area contributed by atoms with E-state index in [0.29, 0.717) is 25.5 Å². The average molecular weight is 353 g/mol. The van der Waals surface area contributed by atoms with Crippen molar-refractivity contribution in [2.75, 3.05) is 18.6 Å². The van der Waals surface area contributed by atoms with E-state index in [4.69, 9.17) is 4.74 Å². The Morgan fingerprint density at radius 1 is 1.38 bits per heavy atom. The molecule has 7 heteroatoms. The lowest BCUT2D eigenvalue weighted by Gasteiger charge is -2.16. The molecule has 2 N–H and O–H groups in total. The Bertz CT molecular complexity index is 671. The summed E-state index contributed by atoms with van der Waals surface area (Å²) < 4.78 is 28.7. The second-order valence-electron chi connectivity index (χ2n) is 6.35. The van der Waals surface area contributed by atoms with Gasteiger partial charge in [-0.1, -0.05) is 24.3 Å². The fourth-order valence-corrected chi connectivity index (χ4v) is 4.25. The summed E-state index contributed by atoms with van der Waals surface area (Å²) in [6, 6.07) is 8.13. The van der Waals surface area contributed by atoms with Crippen LogP contribution in [-0.2, 0) is 27.7 Å². The Balaban J connectivity index is 1.86. The maximum absolute atomic E-state index is 11.5. The highest BCUT2D eigenvalue weighted by molar-refractivity contribution is 7.91. The largest absolute Gasteiger partial charge is 0.374 e. The van der Waals surface area contributed by atoms with Gasteiger partial charge in [-0.3, -0.25) is 4.99 Å². The van der Waals surface area contributed by atoms with E-state index in [-0.39, 0.29) is 23.7 Å². The zero-order valence-corrected chi connectivity index (χ0v) is 15.4. The lowest BCUT2D eigenvalue weighted by Crippen LogP contribution is -2.43. The third kappa shape index (κ3) is 6.13. The maximum atomic E-state index is 11.5. The van der Waals surface area contributed by atoms with Crippen LogP contribution in [0.5, 0.6) is 0 Å². The van der Waals surface area contributed by atoms with Crippen molar-refractivity contribution in [3.8, 4) is 0 Å². The maximum Gasteiger partial charge on any atom is 0.191 e. The van der Waals surface area contributed by atoms with E-state index in [1.807, 2.05) is 32.0 Å². The summed E-state index contributed by atoms with van der Waals surface area (Å²) in [6.07, 6.45) is 0.836. The number of rotatable bonds is 6. The van der Waals surface area contributed by atoms with Crippen LogP contribution < -0.4 is 10.6 Å². The molecule has 134 valence electrons. The van der Waals surface area contributed by atoms with Crippen LogP contribution in [0.1, 0.15) is 31.4 Å². The van der Waals surface area contributed by atoms with Crippen LogP contribution in [0.3, 0.4) is 0 Å². The Labute approximate surface area is 144 Å². The van der Waals surface area contributed by atoms with Crippen LogP contribution in [0.15, 0.2) is 29.3 Å². The van der Waals surface area contributed by atoms with Crippen LogP contribution in [-0.4, -0.2) is 45.1 Å². The molecule has 0 aliphatic carbocycles.